The van der Waals surface area contributed by atoms with Gasteiger partial charge < -0.3 is 19.2 Å². The molecule has 0 amide bonds. The Balaban J connectivity index is 0.00000144. The van der Waals surface area contributed by atoms with Crippen molar-refractivity contribution in [2.75, 3.05) is 7.11 Å². The van der Waals surface area contributed by atoms with Crippen LogP contribution in [0.5, 0.6) is 0 Å². The fourth-order valence-electron chi connectivity index (χ4n) is 0.687. The molecule has 0 spiro atoms. The van der Waals surface area contributed by atoms with Gasteiger partial charge in [-0.25, -0.2) is 0 Å². The molecule has 1 heterocycles. The van der Waals surface area contributed by atoms with Crippen molar-refractivity contribution in [3.05, 3.63) is 24.2 Å². The predicted molar refractivity (Wildman–Crippen MR) is 37.3 cm³/mol. The SMILES string of the molecule is CO/N=C(/C(=O)[O-])c1ccco1.[Na+]. The van der Waals surface area contributed by atoms with Crippen molar-refractivity contribution in [3.8, 4) is 0 Å². The van der Waals surface area contributed by atoms with E-state index in [0.717, 1.165) is 0 Å². The Morgan fingerprint density at radius 2 is 2.38 bits per heavy atom. The van der Waals surface area contributed by atoms with Crippen molar-refractivity contribution in [2.45, 2.75) is 0 Å². The van der Waals surface area contributed by atoms with E-state index >= 15 is 0 Å². The molecule has 6 heteroatoms. The number of carboxylic acids is 1. The van der Waals surface area contributed by atoms with Crippen LogP contribution in [0.2, 0.25) is 0 Å². The van der Waals surface area contributed by atoms with E-state index < -0.39 is 5.97 Å². The van der Waals surface area contributed by atoms with Crippen molar-refractivity contribution in [1.82, 2.24) is 0 Å². The molecule has 1 aromatic heterocycles. The molecule has 0 fully saturated rings. The standard InChI is InChI=1S/C7H7NO4.Na/c1-11-8-6(7(9)10)5-3-2-4-12-5;/h2-4H,1H3,(H,9,10);/q;+1/p-1/b8-6+;. The summed E-state index contributed by atoms with van der Waals surface area (Å²) >= 11 is 0. The topological polar surface area (TPSA) is 74.9 Å². The zero-order valence-electron chi connectivity index (χ0n) is 7.31. The molecule has 0 N–H and O–H groups in total. The van der Waals surface area contributed by atoms with Crippen LogP contribution in [0, 0.1) is 0 Å². The Hall–Kier alpha value is -0.780. The molecule has 0 aromatic carbocycles. The molecule has 0 bridgehead atoms. The third kappa shape index (κ3) is 3.22. The van der Waals surface area contributed by atoms with Gasteiger partial charge in [0.15, 0.2) is 11.5 Å². The minimum absolute atomic E-state index is 0. The van der Waals surface area contributed by atoms with E-state index in [1.54, 1.807) is 6.07 Å². The van der Waals surface area contributed by atoms with E-state index in [0.29, 0.717) is 0 Å². The second-order valence-electron chi connectivity index (χ2n) is 1.89. The molecule has 1 rings (SSSR count). The molecular formula is C7H6NNaO4. The average Bonchev–Trinajstić information content (AvgIpc) is 2.51. The van der Waals surface area contributed by atoms with E-state index in [1.807, 2.05) is 0 Å². The monoisotopic (exact) mass is 191 g/mol. The fourth-order valence-corrected chi connectivity index (χ4v) is 0.687. The first-order valence-electron chi connectivity index (χ1n) is 3.12. The molecule has 0 aliphatic heterocycles. The van der Waals surface area contributed by atoms with E-state index in [2.05, 4.69) is 9.99 Å². The molecule has 64 valence electrons. The quantitative estimate of drug-likeness (QED) is 0.281. The van der Waals surface area contributed by atoms with Crippen LogP contribution in [0.1, 0.15) is 5.76 Å². The van der Waals surface area contributed by atoms with E-state index in [9.17, 15) is 9.90 Å². The molecule has 13 heavy (non-hydrogen) atoms. The summed E-state index contributed by atoms with van der Waals surface area (Å²) in [6, 6.07) is 3.00. The molecular weight excluding hydrogens is 185 g/mol. The van der Waals surface area contributed by atoms with Crippen molar-refractivity contribution in [1.29, 1.82) is 0 Å². The third-order valence-electron chi connectivity index (χ3n) is 1.13. The number of hydrogen-bond acceptors (Lipinski definition) is 5. The van der Waals surface area contributed by atoms with Crippen LogP contribution in [0.15, 0.2) is 28.0 Å². The van der Waals surface area contributed by atoms with Crippen LogP contribution < -0.4 is 34.7 Å². The molecule has 1 aromatic rings. The number of carboxylic acid groups (broad SMARTS) is 1. The molecule has 0 saturated heterocycles. The number of aliphatic carboxylic acids is 1. The molecule has 0 aliphatic rings. The Kier molecular flexibility index (Phi) is 5.45. The van der Waals surface area contributed by atoms with Crippen LogP contribution in [0.4, 0.5) is 0 Å². The molecule has 0 saturated carbocycles. The summed E-state index contributed by atoms with van der Waals surface area (Å²) in [6.45, 7) is 0. The minimum Gasteiger partial charge on any atom is -0.543 e. The zero-order valence-corrected chi connectivity index (χ0v) is 9.31. The van der Waals surface area contributed by atoms with Crippen LogP contribution in [0.25, 0.3) is 0 Å². The number of carbonyl (C=O) groups is 1. The number of carbonyl (C=O) groups excluding carboxylic acids is 1. The van der Waals surface area contributed by atoms with Gasteiger partial charge in [0.2, 0.25) is 0 Å². The Morgan fingerprint density at radius 3 is 2.77 bits per heavy atom. The minimum atomic E-state index is -1.44. The van der Waals surface area contributed by atoms with Crippen LogP contribution in [-0.2, 0) is 9.63 Å². The first-order chi connectivity index (χ1) is 5.75. The maximum Gasteiger partial charge on any atom is 1.00 e. The van der Waals surface area contributed by atoms with E-state index in [-0.39, 0.29) is 41.0 Å². The van der Waals surface area contributed by atoms with Gasteiger partial charge in [0, 0.05) is 0 Å². The van der Waals surface area contributed by atoms with Gasteiger partial charge in [-0.15, -0.1) is 0 Å². The van der Waals surface area contributed by atoms with Crippen molar-refractivity contribution >= 4 is 11.7 Å². The largest absolute Gasteiger partial charge is 1.00 e. The van der Waals surface area contributed by atoms with Gasteiger partial charge in [-0.1, -0.05) is 5.16 Å². The first kappa shape index (κ1) is 12.2. The maximum atomic E-state index is 10.4. The number of rotatable bonds is 3. The summed E-state index contributed by atoms with van der Waals surface area (Å²) in [5.74, 6) is -1.33. The fraction of sp³-hybridized carbons (Fsp3) is 0.143. The van der Waals surface area contributed by atoms with Gasteiger partial charge in [0.05, 0.1) is 12.2 Å². The smallest absolute Gasteiger partial charge is 0.543 e. The summed E-state index contributed by atoms with van der Waals surface area (Å²) in [5.41, 5.74) is -0.359. The molecule has 0 atom stereocenters. The van der Waals surface area contributed by atoms with E-state index in [4.69, 9.17) is 4.42 Å². The molecule has 0 radical (unpaired) electrons. The number of hydrogen-bond donors (Lipinski definition) is 0. The zero-order chi connectivity index (χ0) is 8.97. The van der Waals surface area contributed by atoms with Crippen molar-refractivity contribution < 1.29 is 48.7 Å². The van der Waals surface area contributed by atoms with Gasteiger partial charge in [0.1, 0.15) is 7.11 Å². The van der Waals surface area contributed by atoms with Crippen molar-refractivity contribution in [3.63, 3.8) is 0 Å². The van der Waals surface area contributed by atoms with Crippen molar-refractivity contribution in [2.24, 2.45) is 5.16 Å². The van der Waals surface area contributed by atoms with Gasteiger partial charge in [-0.2, -0.15) is 0 Å². The van der Waals surface area contributed by atoms with Gasteiger partial charge >= 0.3 is 29.6 Å². The summed E-state index contributed by atoms with van der Waals surface area (Å²) < 4.78 is 4.78. The normalized spacial score (nSPS) is 10.4. The van der Waals surface area contributed by atoms with Crippen LogP contribution in [-0.4, -0.2) is 18.8 Å². The van der Waals surface area contributed by atoms with Crippen LogP contribution in [0.3, 0.4) is 0 Å². The number of nitrogens with zero attached hydrogens (tertiary/aromatic N) is 1. The van der Waals surface area contributed by atoms with Gasteiger partial charge in [-0.3, -0.25) is 0 Å². The number of furan rings is 1. The molecule has 5 nitrogen and oxygen atoms in total. The van der Waals surface area contributed by atoms with Gasteiger partial charge in [-0.05, 0) is 12.1 Å². The predicted octanol–water partition coefficient (Wildman–Crippen LogP) is -3.62. The third-order valence-corrected chi connectivity index (χ3v) is 1.13. The summed E-state index contributed by atoms with van der Waals surface area (Å²) in [6.07, 6.45) is 1.34. The second kappa shape index (κ2) is 5.80. The number of oxime groups is 1. The Bertz CT molecular complexity index is 293. The van der Waals surface area contributed by atoms with E-state index in [1.165, 1.54) is 19.4 Å². The average molecular weight is 191 g/mol. The first-order valence-corrected chi connectivity index (χ1v) is 3.12. The molecule has 0 aliphatic carbocycles. The maximum absolute atomic E-state index is 10.4. The summed E-state index contributed by atoms with van der Waals surface area (Å²) in [7, 11) is 1.24. The molecule has 0 unspecified atom stereocenters. The second-order valence-corrected chi connectivity index (χ2v) is 1.89. The van der Waals surface area contributed by atoms with Crippen LogP contribution >= 0.6 is 0 Å². The summed E-state index contributed by atoms with van der Waals surface area (Å²) in [4.78, 5) is 14.7. The van der Waals surface area contributed by atoms with Gasteiger partial charge in [0.25, 0.3) is 0 Å². The Morgan fingerprint density at radius 1 is 1.69 bits per heavy atom. The Labute approximate surface area is 96.7 Å². The summed E-state index contributed by atoms with van der Waals surface area (Å²) in [5, 5.41) is 13.6.